The number of aldehydes is 1. The van der Waals surface area contributed by atoms with Gasteiger partial charge in [-0.05, 0) is 34.9 Å². The van der Waals surface area contributed by atoms with Crippen molar-refractivity contribution in [2.75, 3.05) is 18.5 Å². The average Bonchev–Trinajstić information content (AvgIpc) is 2.30. The fraction of sp³-hybridized carbons (Fsp3) is 0.200. The van der Waals surface area contributed by atoms with Crippen molar-refractivity contribution < 1.29 is 9.59 Å². The van der Waals surface area contributed by atoms with E-state index in [9.17, 15) is 9.59 Å². The lowest BCUT2D eigenvalue weighted by molar-refractivity contribution is -0.106. The molecule has 1 aromatic carbocycles. The molecule has 0 heterocycles. The second-order valence-corrected chi connectivity index (χ2v) is 3.09. The molecule has 6 heteroatoms. The van der Waals surface area contributed by atoms with Crippen LogP contribution in [0.15, 0.2) is 29.4 Å². The van der Waals surface area contributed by atoms with Crippen LogP contribution in [0.3, 0.4) is 0 Å². The quantitative estimate of drug-likeness (QED) is 0.334. The van der Waals surface area contributed by atoms with Crippen molar-refractivity contribution in [2.45, 2.75) is 0 Å². The summed E-state index contributed by atoms with van der Waals surface area (Å²) in [4.78, 5) is 25.6. The van der Waals surface area contributed by atoms with Crippen molar-refractivity contribution in [3.8, 4) is 0 Å². The molecule has 0 bridgehead atoms. The molecule has 0 aliphatic rings. The molecule has 1 aromatic rings. The van der Waals surface area contributed by atoms with Gasteiger partial charge < -0.3 is 9.69 Å². The van der Waals surface area contributed by atoms with E-state index in [0.29, 0.717) is 5.56 Å². The molecule has 0 atom stereocenters. The number of carbonyl (C=O) groups excluding carboxylic acids is 2. The molecule has 1 rings (SSSR count). The van der Waals surface area contributed by atoms with Crippen LogP contribution in [0.4, 0.5) is 5.69 Å². The first-order chi connectivity index (χ1) is 7.69. The van der Waals surface area contributed by atoms with Gasteiger partial charge in [0.15, 0.2) is 0 Å². The summed E-state index contributed by atoms with van der Waals surface area (Å²) in [7, 11) is 1.76. The fourth-order valence-electron chi connectivity index (χ4n) is 1.17. The first-order valence-electron chi connectivity index (χ1n) is 4.53. The Kier molecular flexibility index (Phi) is 4.06. The topological polar surface area (TPSA) is 86.1 Å². The lowest BCUT2D eigenvalue weighted by Gasteiger charge is -2.15. The zero-order chi connectivity index (χ0) is 12.0. The maximum atomic E-state index is 11.2. The molecule has 0 unspecified atom stereocenters. The molecule has 0 radical (unpaired) electrons. The van der Waals surface area contributed by atoms with Crippen molar-refractivity contribution in [1.29, 1.82) is 0 Å². The van der Waals surface area contributed by atoms with Gasteiger partial charge in [-0.25, -0.2) is 0 Å². The van der Waals surface area contributed by atoms with Crippen molar-refractivity contribution in [3.05, 3.63) is 40.3 Å². The molecule has 0 N–H and O–H groups in total. The maximum absolute atomic E-state index is 11.2. The second-order valence-electron chi connectivity index (χ2n) is 3.09. The Hall–Kier alpha value is -2.33. The molecule has 16 heavy (non-hydrogen) atoms. The van der Waals surface area contributed by atoms with E-state index in [4.69, 9.17) is 5.53 Å². The highest BCUT2D eigenvalue weighted by Gasteiger charge is 2.04. The lowest BCUT2D eigenvalue weighted by atomic mass is 10.2. The van der Waals surface area contributed by atoms with Gasteiger partial charge in [0.1, 0.15) is 6.29 Å². The minimum atomic E-state index is -0.618. The van der Waals surface area contributed by atoms with Gasteiger partial charge >= 0.3 is 0 Å². The van der Waals surface area contributed by atoms with Crippen LogP contribution in [0.5, 0.6) is 0 Å². The molecule has 6 nitrogen and oxygen atoms in total. The highest BCUT2D eigenvalue weighted by atomic mass is 16.1. The van der Waals surface area contributed by atoms with Crippen LogP contribution in [-0.2, 0) is 4.79 Å². The number of benzene rings is 1. The summed E-state index contributed by atoms with van der Waals surface area (Å²) in [6.45, 7) is 0.281. The van der Waals surface area contributed by atoms with Gasteiger partial charge in [0.05, 0.1) is 6.54 Å². The fourth-order valence-corrected chi connectivity index (χ4v) is 1.17. The molecule has 0 saturated carbocycles. The molecule has 0 spiro atoms. The van der Waals surface area contributed by atoms with Crippen molar-refractivity contribution in [3.63, 3.8) is 0 Å². The van der Waals surface area contributed by atoms with Gasteiger partial charge in [-0.3, -0.25) is 4.79 Å². The maximum Gasteiger partial charge on any atom is 0.249 e. The highest BCUT2D eigenvalue weighted by molar-refractivity contribution is 5.95. The average molecular weight is 218 g/mol. The van der Waals surface area contributed by atoms with E-state index in [0.717, 1.165) is 12.0 Å². The Bertz CT molecular complexity index is 435. The van der Waals surface area contributed by atoms with E-state index < -0.39 is 5.91 Å². The zero-order valence-electron chi connectivity index (χ0n) is 8.70. The molecule has 0 aromatic heterocycles. The van der Waals surface area contributed by atoms with E-state index in [2.05, 4.69) is 10.0 Å². The van der Waals surface area contributed by atoms with E-state index in [1.165, 1.54) is 0 Å². The van der Waals surface area contributed by atoms with Crippen molar-refractivity contribution in [1.82, 2.24) is 0 Å². The number of hydrogen-bond acceptors (Lipinski definition) is 3. The molecule has 82 valence electrons. The third-order valence-corrected chi connectivity index (χ3v) is 2.04. The van der Waals surface area contributed by atoms with E-state index in [1.807, 2.05) is 0 Å². The summed E-state index contributed by atoms with van der Waals surface area (Å²) in [5.74, 6) is -0.618. The van der Waals surface area contributed by atoms with Gasteiger partial charge in [-0.15, -0.1) is 0 Å². The predicted molar refractivity (Wildman–Crippen MR) is 59.3 cm³/mol. The molecule has 0 saturated heterocycles. The SMILES string of the molecule is CN(CC=O)c1ccc(C(=O)N=[N+]=[N-])cc1. The van der Waals surface area contributed by atoms with Gasteiger partial charge in [0, 0.05) is 23.2 Å². The Balaban J connectivity index is 2.86. The van der Waals surface area contributed by atoms with Gasteiger partial charge in [-0.1, -0.05) is 0 Å². The molecular formula is C10H10N4O2. The first-order valence-corrected chi connectivity index (χ1v) is 4.53. The molecule has 0 aliphatic heterocycles. The normalized spacial score (nSPS) is 9.06. The minimum absolute atomic E-state index is 0.281. The summed E-state index contributed by atoms with van der Waals surface area (Å²) in [5.41, 5.74) is 9.23. The highest BCUT2D eigenvalue weighted by Crippen LogP contribution is 2.13. The van der Waals surface area contributed by atoms with Gasteiger partial charge in [-0.2, -0.15) is 0 Å². The Labute approximate surface area is 92.1 Å². The van der Waals surface area contributed by atoms with Crippen molar-refractivity contribution >= 4 is 17.9 Å². The molecule has 1 amide bonds. The summed E-state index contributed by atoms with van der Waals surface area (Å²) >= 11 is 0. The summed E-state index contributed by atoms with van der Waals surface area (Å²) in [6.07, 6.45) is 0.791. The predicted octanol–water partition coefficient (Wildman–Crippen LogP) is 1.77. The number of azide groups is 1. The number of amides is 1. The molecule has 0 fully saturated rings. The van der Waals surface area contributed by atoms with Crippen LogP contribution < -0.4 is 4.90 Å². The van der Waals surface area contributed by atoms with E-state index in [-0.39, 0.29) is 6.54 Å². The van der Waals surface area contributed by atoms with Gasteiger partial charge in [0.2, 0.25) is 5.91 Å². The van der Waals surface area contributed by atoms with Crippen LogP contribution in [0.25, 0.3) is 10.4 Å². The minimum Gasteiger partial charge on any atom is -0.368 e. The Morgan fingerprint density at radius 3 is 2.62 bits per heavy atom. The third-order valence-electron chi connectivity index (χ3n) is 2.04. The van der Waals surface area contributed by atoms with E-state index >= 15 is 0 Å². The van der Waals surface area contributed by atoms with Crippen LogP contribution in [0.2, 0.25) is 0 Å². The molecule has 0 aliphatic carbocycles. The zero-order valence-corrected chi connectivity index (χ0v) is 8.70. The monoisotopic (exact) mass is 218 g/mol. The van der Waals surface area contributed by atoms with Gasteiger partial charge in [0.25, 0.3) is 0 Å². The van der Waals surface area contributed by atoms with Crippen LogP contribution >= 0.6 is 0 Å². The van der Waals surface area contributed by atoms with Crippen LogP contribution in [0, 0.1) is 0 Å². The number of rotatable bonds is 4. The Morgan fingerprint density at radius 2 is 2.12 bits per heavy atom. The number of hydrogen-bond donors (Lipinski definition) is 0. The number of anilines is 1. The number of carbonyl (C=O) groups is 2. The summed E-state index contributed by atoms with van der Waals surface area (Å²) in [5, 5.41) is 2.98. The van der Waals surface area contributed by atoms with Crippen LogP contribution in [0.1, 0.15) is 10.4 Å². The standard InChI is InChI=1S/C10H10N4O2/c1-14(6-7-15)9-4-2-8(3-5-9)10(16)12-13-11/h2-5,7H,6H2,1H3. The summed E-state index contributed by atoms with van der Waals surface area (Å²) in [6, 6.07) is 6.47. The van der Waals surface area contributed by atoms with Crippen molar-refractivity contribution in [2.24, 2.45) is 5.11 Å². The number of nitrogens with zero attached hydrogens (tertiary/aromatic N) is 4. The molecular weight excluding hydrogens is 208 g/mol. The largest absolute Gasteiger partial charge is 0.368 e. The van der Waals surface area contributed by atoms with Crippen LogP contribution in [-0.4, -0.2) is 25.8 Å². The third kappa shape index (κ3) is 2.83. The summed E-state index contributed by atoms with van der Waals surface area (Å²) < 4.78 is 0. The van der Waals surface area contributed by atoms with E-state index in [1.54, 1.807) is 36.2 Å². The number of likely N-dealkylation sites (N-methyl/N-ethyl adjacent to an activating group) is 1. The second kappa shape index (κ2) is 5.53. The lowest BCUT2D eigenvalue weighted by Crippen LogP contribution is -2.19. The first kappa shape index (κ1) is 11.7. The Morgan fingerprint density at radius 1 is 1.50 bits per heavy atom. The smallest absolute Gasteiger partial charge is 0.249 e.